The van der Waals surface area contributed by atoms with Crippen molar-refractivity contribution in [1.29, 1.82) is 0 Å². The van der Waals surface area contributed by atoms with Crippen LogP contribution >= 0.6 is 0 Å². The van der Waals surface area contributed by atoms with Gasteiger partial charge in [0.05, 0.1) is 5.52 Å². The molecule has 2 rings (SSSR count). The SMILES string of the molecule is CCCNCC(=Cc1ccc2ncccc2c1)CC. The molecule has 0 radical (unpaired) electrons. The number of fused-ring (bicyclic) bond motifs is 1. The smallest absolute Gasteiger partial charge is 0.0702 e. The van der Waals surface area contributed by atoms with Crippen LogP contribution in [0.5, 0.6) is 0 Å². The minimum absolute atomic E-state index is 0.982. The van der Waals surface area contributed by atoms with Crippen LogP contribution in [0.25, 0.3) is 17.0 Å². The van der Waals surface area contributed by atoms with E-state index in [0.29, 0.717) is 0 Å². The van der Waals surface area contributed by atoms with E-state index in [4.69, 9.17) is 0 Å². The van der Waals surface area contributed by atoms with E-state index in [1.54, 1.807) is 0 Å². The van der Waals surface area contributed by atoms with Gasteiger partial charge in [0.1, 0.15) is 0 Å². The second-order valence-electron chi connectivity index (χ2n) is 4.79. The molecule has 1 N–H and O–H groups in total. The molecule has 0 spiro atoms. The first kappa shape index (κ1) is 13.8. The summed E-state index contributed by atoms with van der Waals surface area (Å²) in [7, 11) is 0. The van der Waals surface area contributed by atoms with Crippen molar-refractivity contribution in [3.8, 4) is 0 Å². The van der Waals surface area contributed by atoms with E-state index in [-0.39, 0.29) is 0 Å². The molecule has 1 aromatic heterocycles. The van der Waals surface area contributed by atoms with Crippen LogP contribution in [0.3, 0.4) is 0 Å². The lowest BCUT2D eigenvalue weighted by atomic mass is 10.1. The number of nitrogens with one attached hydrogen (secondary N) is 1. The molecule has 19 heavy (non-hydrogen) atoms. The minimum Gasteiger partial charge on any atom is -0.313 e. The van der Waals surface area contributed by atoms with Gasteiger partial charge in [-0.1, -0.05) is 37.6 Å². The summed E-state index contributed by atoms with van der Waals surface area (Å²) >= 11 is 0. The zero-order valence-electron chi connectivity index (χ0n) is 11.8. The predicted octanol–water partition coefficient (Wildman–Crippen LogP) is 4.03. The lowest BCUT2D eigenvalue weighted by Gasteiger charge is -2.07. The molecule has 0 saturated heterocycles. The molecule has 0 saturated carbocycles. The van der Waals surface area contributed by atoms with Gasteiger partial charge in [0, 0.05) is 18.1 Å². The molecule has 2 nitrogen and oxygen atoms in total. The van der Waals surface area contributed by atoms with Gasteiger partial charge in [0.15, 0.2) is 0 Å². The Labute approximate surface area is 115 Å². The van der Waals surface area contributed by atoms with E-state index < -0.39 is 0 Å². The normalized spacial score (nSPS) is 12.0. The van der Waals surface area contributed by atoms with E-state index in [1.165, 1.54) is 22.9 Å². The summed E-state index contributed by atoms with van der Waals surface area (Å²) in [6.07, 6.45) is 6.39. The van der Waals surface area contributed by atoms with Gasteiger partial charge < -0.3 is 5.32 Å². The molecular weight excluding hydrogens is 232 g/mol. The van der Waals surface area contributed by atoms with Crippen LogP contribution in [0, 0.1) is 0 Å². The van der Waals surface area contributed by atoms with Gasteiger partial charge in [0.25, 0.3) is 0 Å². The van der Waals surface area contributed by atoms with Gasteiger partial charge in [0.2, 0.25) is 0 Å². The van der Waals surface area contributed by atoms with Gasteiger partial charge in [-0.05, 0) is 43.1 Å². The molecule has 0 atom stereocenters. The van der Waals surface area contributed by atoms with Crippen LogP contribution in [0.2, 0.25) is 0 Å². The van der Waals surface area contributed by atoms with Crippen LogP contribution in [0.4, 0.5) is 0 Å². The molecule has 0 fully saturated rings. The molecule has 0 bridgehead atoms. The number of aromatic nitrogens is 1. The Morgan fingerprint density at radius 1 is 1.26 bits per heavy atom. The predicted molar refractivity (Wildman–Crippen MR) is 83.2 cm³/mol. The molecule has 0 aliphatic rings. The highest BCUT2D eigenvalue weighted by Gasteiger charge is 1.98. The molecule has 2 heteroatoms. The highest BCUT2D eigenvalue weighted by molar-refractivity contribution is 5.81. The van der Waals surface area contributed by atoms with Crippen molar-refractivity contribution >= 4 is 17.0 Å². The molecule has 0 aliphatic heterocycles. The maximum atomic E-state index is 4.35. The molecule has 100 valence electrons. The van der Waals surface area contributed by atoms with Crippen LogP contribution in [-0.2, 0) is 0 Å². The third-order valence-electron chi connectivity index (χ3n) is 3.23. The maximum absolute atomic E-state index is 4.35. The Balaban J connectivity index is 2.17. The van der Waals surface area contributed by atoms with Crippen molar-refractivity contribution in [1.82, 2.24) is 10.3 Å². The summed E-state index contributed by atoms with van der Waals surface area (Å²) < 4.78 is 0. The Morgan fingerprint density at radius 3 is 2.95 bits per heavy atom. The second-order valence-corrected chi connectivity index (χ2v) is 4.79. The third-order valence-corrected chi connectivity index (χ3v) is 3.23. The van der Waals surface area contributed by atoms with Crippen molar-refractivity contribution in [3.63, 3.8) is 0 Å². The largest absolute Gasteiger partial charge is 0.313 e. The molecule has 1 heterocycles. The lowest BCUT2D eigenvalue weighted by Crippen LogP contribution is -2.17. The van der Waals surface area contributed by atoms with Crippen molar-refractivity contribution in [2.75, 3.05) is 13.1 Å². The fourth-order valence-corrected chi connectivity index (χ4v) is 2.12. The quantitative estimate of drug-likeness (QED) is 0.787. The monoisotopic (exact) mass is 254 g/mol. The molecular formula is C17H22N2. The molecule has 2 aromatic rings. The number of pyridine rings is 1. The Morgan fingerprint density at radius 2 is 2.16 bits per heavy atom. The van der Waals surface area contributed by atoms with E-state index >= 15 is 0 Å². The average molecular weight is 254 g/mol. The van der Waals surface area contributed by atoms with Crippen LogP contribution < -0.4 is 5.32 Å². The van der Waals surface area contributed by atoms with Crippen molar-refractivity contribution in [2.24, 2.45) is 0 Å². The first-order valence-electron chi connectivity index (χ1n) is 7.08. The van der Waals surface area contributed by atoms with Gasteiger partial charge in [-0.2, -0.15) is 0 Å². The number of hydrogen-bond acceptors (Lipinski definition) is 2. The van der Waals surface area contributed by atoms with Crippen LogP contribution in [0.1, 0.15) is 32.3 Å². The first-order valence-corrected chi connectivity index (χ1v) is 7.08. The second kappa shape index (κ2) is 7.05. The van der Waals surface area contributed by atoms with E-state index in [2.05, 4.69) is 54.5 Å². The summed E-state index contributed by atoms with van der Waals surface area (Å²) in [6.45, 7) is 6.47. The van der Waals surface area contributed by atoms with Crippen molar-refractivity contribution in [3.05, 3.63) is 47.7 Å². The summed E-state index contributed by atoms with van der Waals surface area (Å²) in [5.74, 6) is 0. The summed E-state index contributed by atoms with van der Waals surface area (Å²) in [5.41, 5.74) is 3.76. The van der Waals surface area contributed by atoms with Gasteiger partial charge >= 0.3 is 0 Å². The first-order chi connectivity index (χ1) is 9.33. The van der Waals surface area contributed by atoms with Gasteiger partial charge in [-0.25, -0.2) is 0 Å². The zero-order valence-corrected chi connectivity index (χ0v) is 11.8. The lowest BCUT2D eigenvalue weighted by molar-refractivity contribution is 0.706. The topological polar surface area (TPSA) is 24.9 Å². The number of rotatable bonds is 6. The minimum atomic E-state index is 0.982. The fourth-order valence-electron chi connectivity index (χ4n) is 2.12. The third kappa shape index (κ3) is 3.90. The van der Waals surface area contributed by atoms with E-state index in [1.807, 2.05) is 12.3 Å². The zero-order chi connectivity index (χ0) is 13.5. The van der Waals surface area contributed by atoms with Gasteiger partial charge in [-0.15, -0.1) is 0 Å². The van der Waals surface area contributed by atoms with Crippen LogP contribution in [0.15, 0.2) is 42.1 Å². The molecule has 0 amide bonds. The maximum Gasteiger partial charge on any atom is 0.0702 e. The number of hydrogen-bond donors (Lipinski definition) is 1. The van der Waals surface area contributed by atoms with Crippen LogP contribution in [-0.4, -0.2) is 18.1 Å². The molecule has 1 aromatic carbocycles. The standard InChI is InChI=1S/C17H22N2/c1-3-9-18-13-14(4-2)11-15-7-8-17-16(12-15)6-5-10-19-17/h5-8,10-12,18H,3-4,9,13H2,1-2H3. The fraction of sp³-hybridized carbons (Fsp3) is 0.353. The van der Waals surface area contributed by atoms with Crippen molar-refractivity contribution < 1.29 is 0 Å². The molecule has 0 aliphatic carbocycles. The van der Waals surface area contributed by atoms with E-state index in [0.717, 1.165) is 25.0 Å². The van der Waals surface area contributed by atoms with E-state index in [9.17, 15) is 0 Å². The highest BCUT2D eigenvalue weighted by Crippen LogP contribution is 2.16. The molecule has 0 unspecified atom stereocenters. The Hall–Kier alpha value is -1.67. The summed E-state index contributed by atoms with van der Waals surface area (Å²) in [6, 6.07) is 10.5. The van der Waals surface area contributed by atoms with Gasteiger partial charge in [-0.3, -0.25) is 4.98 Å². The number of benzene rings is 1. The Bertz CT molecular complexity index is 558. The highest BCUT2D eigenvalue weighted by atomic mass is 14.8. The number of nitrogens with zero attached hydrogens (tertiary/aromatic N) is 1. The summed E-state index contributed by atoms with van der Waals surface area (Å²) in [5, 5.41) is 4.66. The Kier molecular flexibility index (Phi) is 5.10. The van der Waals surface area contributed by atoms with Crippen molar-refractivity contribution in [2.45, 2.75) is 26.7 Å². The average Bonchev–Trinajstić information content (AvgIpc) is 2.46. The summed E-state index contributed by atoms with van der Waals surface area (Å²) in [4.78, 5) is 4.35.